The number of aryl methyl sites for hydroxylation is 1. The average molecular weight is 528 g/mol. The molecule has 0 aliphatic carbocycles. The molecule has 11 nitrogen and oxygen atoms in total. The van der Waals surface area contributed by atoms with Gasteiger partial charge in [0.2, 0.25) is 0 Å². The molecule has 4 aromatic heterocycles. The average Bonchev–Trinajstić information content (AvgIpc) is 3.70. The molecule has 0 bridgehead atoms. The fourth-order valence-corrected chi connectivity index (χ4v) is 4.75. The van der Waals surface area contributed by atoms with Gasteiger partial charge in [-0.15, -0.1) is 0 Å². The zero-order valence-corrected chi connectivity index (χ0v) is 22.8. The van der Waals surface area contributed by atoms with Gasteiger partial charge >= 0.3 is 0 Å². The molecule has 5 heterocycles. The van der Waals surface area contributed by atoms with E-state index in [2.05, 4.69) is 36.9 Å². The first kappa shape index (κ1) is 25.1. The predicted octanol–water partition coefficient (Wildman–Crippen LogP) is 3.16. The summed E-state index contributed by atoms with van der Waals surface area (Å²) >= 11 is 0. The van der Waals surface area contributed by atoms with E-state index in [1.165, 1.54) is 0 Å². The molecule has 0 saturated carbocycles. The van der Waals surface area contributed by atoms with Crippen molar-refractivity contribution in [3.63, 3.8) is 0 Å². The molecule has 0 unspecified atom stereocenters. The standard InChI is InChI=1S/C28H33N9O2/c1-20-16-24(31-35(20)11-10-33(2)3)25-18-27-29-26(19-28(37(27)32-25)34-12-14-39-15-13-34)36-9-8-23(30-36)21-6-5-7-22(17-21)38-4/h5-9,16-19H,10-15H2,1-4H3. The van der Waals surface area contributed by atoms with Crippen LogP contribution in [-0.2, 0) is 11.3 Å². The molecular weight excluding hydrogens is 494 g/mol. The lowest BCUT2D eigenvalue weighted by Crippen LogP contribution is -2.37. The number of hydrogen-bond acceptors (Lipinski definition) is 8. The van der Waals surface area contributed by atoms with Gasteiger partial charge in [0.05, 0.1) is 32.6 Å². The molecule has 11 heteroatoms. The van der Waals surface area contributed by atoms with Crippen molar-refractivity contribution in [2.24, 2.45) is 0 Å². The number of rotatable bonds is 8. The van der Waals surface area contributed by atoms with Crippen LogP contribution in [0.2, 0.25) is 0 Å². The lowest BCUT2D eigenvalue weighted by atomic mass is 10.1. The summed E-state index contributed by atoms with van der Waals surface area (Å²) in [5.74, 6) is 2.46. The molecule has 202 valence electrons. The predicted molar refractivity (Wildman–Crippen MR) is 150 cm³/mol. The Kier molecular flexibility index (Phi) is 6.76. The highest BCUT2D eigenvalue weighted by molar-refractivity contribution is 5.65. The third-order valence-electron chi connectivity index (χ3n) is 6.92. The number of aromatic nitrogens is 7. The summed E-state index contributed by atoms with van der Waals surface area (Å²) < 4.78 is 16.8. The van der Waals surface area contributed by atoms with E-state index in [1.54, 1.807) is 7.11 Å². The molecule has 0 spiro atoms. The second-order valence-electron chi connectivity index (χ2n) is 9.95. The minimum absolute atomic E-state index is 0.671. The van der Waals surface area contributed by atoms with Crippen molar-refractivity contribution in [1.29, 1.82) is 0 Å². The molecule has 1 saturated heterocycles. The highest BCUT2D eigenvalue weighted by Gasteiger charge is 2.20. The van der Waals surface area contributed by atoms with E-state index >= 15 is 0 Å². The molecule has 6 rings (SSSR count). The number of morpholine rings is 1. The monoisotopic (exact) mass is 527 g/mol. The molecule has 0 N–H and O–H groups in total. The normalized spacial score (nSPS) is 14.0. The molecule has 1 fully saturated rings. The Morgan fingerprint density at radius 1 is 0.949 bits per heavy atom. The van der Waals surface area contributed by atoms with Gasteiger partial charge in [-0.2, -0.15) is 19.8 Å². The van der Waals surface area contributed by atoms with Crippen molar-refractivity contribution in [3.8, 4) is 34.2 Å². The van der Waals surface area contributed by atoms with Gasteiger partial charge in [-0.25, -0.2) is 9.67 Å². The molecule has 5 aromatic rings. The van der Waals surface area contributed by atoms with Crippen LogP contribution < -0.4 is 9.64 Å². The lowest BCUT2D eigenvalue weighted by Gasteiger charge is -2.29. The van der Waals surface area contributed by atoms with Gasteiger partial charge in [0.15, 0.2) is 11.5 Å². The topological polar surface area (TPSA) is 90.8 Å². The van der Waals surface area contributed by atoms with Gasteiger partial charge in [0.25, 0.3) is 0 Å². The van der Waals surface area contributed by atoms with Crippen molar-refractivity contribution >= 4 is 11.5 Å². The van der Waals surface area contributed by atoms with Gasteiger partial charge in [0.1, 0.15) is 23.0 Å². The summed E-state index contributed by atoms with van der Waals surface area (Å²) in [6.07, 6.45) is 1.93. The Bertz CT molecular complexity index is 1590. The second kappa shape index (κ2) is 10.5. The van der Waals surface area contributed by atoms with Crippen LogP contribution in [-0.4, -0.2) is 93.1 Å². The fourth-order valence-electron chi connectivity index (χ4n) is 4.75. The van der Waals surface area contributed by atoms with Crippen LogP contribution in [0.5, 0.6) is 5.75 Å². The fraction of sp³-hybridized carbons (Fsp3) is 0.357. The summed E-state index contributed by atoms with van der Waals surface area (Å²) in [5.41, 5.74) is 5.30. The summed E-state index contributed by atoms with van der Waals surface area (Å²) in [4.78, 5) is 9.39. The van der Waals surface area contributed by atoms with Crippen LogP contribution in [0.25, 0.3) is 34.1 Å². The number of fused-ring (bicyclic) bond motifs is 1. The Hall–Kier alpha value is -4.22. The molecular formula is C28H33N9O2. The Labute approximate surface area is 227 Å². The molecule has 1 aliphatic rings. The van der Waals surface area contributed by atoms with Crippen molar-refractivity contribution in [2.75, 3.05) is 59.0 Å². The Balaban J connectivity index is 1.40. The van der Waals surface area contributed by atoms with E-state index in [4.69, 9.17) is 29.8 Å². The van der Waals surface area contributed by atoms with Gasteiger partial charge < -0.3 is 19.3 Å². The largest absolute Gasteiger partial charge is 0.497 e. The number of likely N-dealkylation sites (N-methyl/N-ethyl adjacent to an activating group) is 1. The van der Waals surface area contributed by atoms with Crippen LogP contribution in [0, 0.1) is 6.92 Å². The van der Waals surface area contributed by atoms with E-state index in [0.29, 0.717) is 13.2 Å². The van der Waals surface area contributed by atoms with E-state index in [-0.39, 0.29) is 0 Å². The first-order chi connectivity index (χ1) is 19.0. The van der Waals surface area contributed by atoms with Crippen molar-refractivity contribution in [3.05, 3.63) is 60.4 Å². The molecule has 0 amide bonds. The maximum absolute atomic E-state index is 5.62. The number of nitrogens with zero attached hydrogens (tertiary/aromatic N) is 9. The summed E-state index contributed by atoms with van der Waals surface area (Å²) in [6, 6.07) is 16.0. The van der Waals surface area contributed by atoms with Crippen molar-refractivity contribution < 1.29 is 9.47 Å². The van der Waals surface area contributed by atoms with E-state index < -0.39 is 0 Å². The third-order valence-corrected chi connectivity index (χ3v) is 6.92. The van der Waals surface area contributed by atoms with Crippen LogP contribution in [0.3, 0.4) is 0 Å². The number of ether oxygens (including phenoxy) is 2. The third kappa shape index (κ3) is 5.10. The highest BCUT2D eigenvalue weighted by Crippen LogP contribution is 2.27. The Morgan fingerprint density at radius 2 is 1.77 bits per heavy atom. The summed E-state index contributed by atoms with van der Waals surface area (Å²) in [5, 5.41) is 14.6. The molecule has 0 radical (unpaired) electrons. The van der Waals surface area contributed by atoms with E-state index in [1.807, 2.05) is 62.5 Å². The maximum Gasteiger partial charge on any atom is 0.160 e. The van der Waals surface area contributed by atoms with Crippen molar-refractivity contribution in [1.82, 2.24) is 39.1 Å². The Morgan fingerprint density at radius 3 is 2.56 bits per heavy atom. The van der Waals surface area contributed by atoms with Crippen LogP contribution in [0.15, 0.2) is 54.7 Å². The number of hydrogen-bond donors (Lipinski definition) is 0. The maximum atomic E-state index is 5.62. The SMILES string of the molecule is COc1cccc(-c2ccn(-c3cc(N4CCOCC4)n4nc(-c5cc(C)n(CCN(C)C)n5)cc4n3)n2)c1. The van der Waals surface area contributed by atoms with Gasteiger partial charge in [-0.1, -0.05) is 12.1 Å². The van der Waals surface area contributed by atoms with Crippen LogP contribution >= 0.6 is 0 Å². The first-order valence-electron chi connectivity index (χ1n) is 13.1. The number of anilines is 1. The zero-order chi connectivity index (χ0) is 26.9. The summed E-state index contributed by atoms with van der Waals surface area (Å²) in [6.45, 7) is 6.72. The molecule has 0 atom stereocenters. The van der Waals surface area contributed by atoms with E-state index in [0.717, 1.165) is 77.6 Å². The van der Waals surface area contributed by atoms with E-state index in [9.17, 15) is 0 Å². The highest BCUT2D eigenvalue weighted by atomic mass is 16.5. The van der Waals surface area contributed by atoms with Crippen LogP contribution in [0.4, 0.5) is 5.82 Å². The van der Waals surface area contributed by atoms with Gasteiger partial charge in [-0.05, 0) is 45.3 Å². The first-order valence-corrected chi connectivity index (χ1v) is 13.1. The van der Waals surface area contributed by atoms with Crippen molar-refractivity contribution in [2.45, 2.75) is 13.5 Å². The number of methoxy groups -OCH3 is 1. The lowest BCUT2D eigenvalue weighted by molar-refractivity contribution is 0.122. The second-order valence-corrected chi connectivity index (χ2v) is 9.95. The minimum atomic E-state index is 0.671. The summed E-state index contributed by atoms with van der Waals surface area (Å²) in [7, 11) is 5.80. The van der Waals surface area contributed by atoms with Gasteiger partial charge in [0, 0.05) is 49.2 Å². The smallest absolute Gasteiger partial charge is 0.160 e. The van der Waals surface area contributed by atoms with Crippen LogP contribution in [0.1, 0.15) is 5.69 Å². The minimum Gasteiger partial charge on any atom is -0.497 e. The number of benzene rings is 1. The molecule has 1 aromatic carbocycles. The molecule has 1 aliphatic heterocycles. The van der Waals surface area contributed by atoms with Gasteiger partial charge in [-0.3, -0.25) is 4.68 Å². The molecule has 39 heavy (non-hydrogen) atoms. The quantitative estimate of drug-likeness (QED) is 0.304. The zero-order valence-electron chi connectivity index (χ0n) is 22.8.